The van der Waals surface area contributed by atoms with Gasteiger partial charge in [-0.15, -0.1) is 0 Å². The fourth-order valence-electron chi connectivity index (χ4n) is 1.65. The van der Waals surface area contributed by atoms with E-state index < -0.39 is 0 Å². The molecular weight excluding hydrogens is 166 g/mol. The maximum Gasteiger partial charge on any atom is 0.264 e. The molecule has 1 aromatic rings. The molecule has 0 spiro atoms. The molecule has 0 aromatic carbocycles. The van der Waals surface area contributed by atoms with Gasteiger partial charge in [0.05, 0.1) is 11.7 Å². The first-order valence-corrected chi connectivity index (χ1v) is 4.65. The van der Waals surface area contributed by atoms with Crippen molar-refractivity contribution in [3.8, 4) is 0 Å². The molecule has 0 bridgehead atoms. The van der Waals surface area contributed by atoms with E-state index in [1.807, 2.05) is 0 Å². The number of nitrogens with zero attached hydrogens (tertiary/aromatic N) is 1. The Kier molecular flexibility index (Phi) is 2.40. The third-order valence-corrected chi connectivity index (χ3v) is 2.37. The third-order valence-electron chi connectivity index (χ3n) is 2.37. The Labute approximate surface area is 76.4 Å². The van der Waals surface area contributed by atoms with Crippen molar-refractivity contribution in [2.75, 3.05) is 6.54 Å². The number of H-pyrrole nitrogens is 1. The van der Waals surface area contributed by atoms with Gasteiger partial charge in [0.1, 0.15) is 0 Å². The number of hydrogen-bond acceptors (Lipinski definition) is 3. The van der Waals surface area contributed by atoms with Crippen LogP contribution in [0.25, 0.3) is 0 Å². The summed E-state index contributed by atoms with van der Waals surface area (Å²) in [5, 5.41) is 9.82. The van der Waals surface area contributed by atoms with Gasteiger partial charge in [0, 0.05) is 6.07 Å². The second kappa shape index (κ2) is 3.70. The van der Waals surface area contributed by atoms with E-state index >= 15 is 0 Å². The minimum absolute atomic E-state index is 0.139. The number of piperidine rings is 1. The lowest BCUT2D eigenvalue weighted by atomic mass is 10.0. The molecule has 0 radical (unpaired) electrons. The largest absolute Gasteiger partial charge is 0.309 e. The number of aromatic nitrogens is 2. The molecule has 4 heteroatoms. The molecule has 2 N–H and O–H groups in total. The van der Waals surface area contributed by atoms with Crippen molar-refractivity contribution < 1.29 is 0 Å². The van der Waals surface area contributed by atoms with Crippen LogP contribution in [0.5, 0.6) is 0 Å². The van der Waals surface area contributed by atoms with Gasteiger partial charge in [-0.2, -0.15) is 5.10 Å². The van der Waals surface area contributed by atoms with E-state index in [-0.39, 0.29) is 5.56 Å². The highest BCUT2D eigenvalue weighted by molar-refractivity contribution is 5.06. The molecule has 1 saturated heterocycles. The first-order chi connectivity index (χ1) is 6.36. The maximum atomic E-state index is 10.8. The van der Waals surface area contributed by atoms with Crippen molar-refractivity contribution in [1.82, 2.24) is 15.5 Å². The second-order valence-electron chi connectivity index (χ2n) is 3.35. The van der Waals surface area contributed by atoms with Crippen molar-refractivity contribution in [2.45, 2.75) is 25.3 Å². The quantitative estimate of drug-likeness (QED) is 0.663. The normalized spacial score (nSPS) is 22.9. The number of hydrogen-bond donors (Lipinski definition) is 2. The predicted molar refractivity (Wildman–Crippen MR) is 49.5 cm³/mol. The lowest BCUT2D eigenvalue weighted by Gasteiger charge is -2.22. The zero-order valence-corrected chi connectivity index (χ0v) is 7.42. The van der Waals surface area contributed by atoms with Crippen molar-refractivity contribution >= 4 is 0 Å². The summed E-state index contributed by atoms with van der Waals surface area (Å²) in [6.45, 7) is 1.05. The summed E-state index contributed by atoms with van der Waals surface area (Å²) >= 11 is 0. The Morgan fingerprint density at radius 1 is 1.38 bits per heavy atom. The molecule has 13 heavy (non-hydrogen) atoms. The number of rotatable bonds is 1. The minimum atomic E-state index is -0.139. The van der Waals surface area contributed by atoms with Crippen LogP contribution >= 0.6 is 0 Å². The first kappa shape index (κ1) is 8.44. The molecule has 1 aliphatic heterocycles. The molecule has 70 valence electrons. The van der Waals surface area contributed by atoms with Crippen LogP contribution in [0, 0.1) is 0 Å². The van der Waals surface area contributed by atoms with Gasteiger partial charge < -0.3 is 5.32 Å². The molecule has 0 aliphatic carbocycles. The van der Waals surface area contributed by atoms with Gasteiger partial charge in [0.15, 0.2) is 0 Å². The number of nitrogens with one attached hydrogen (secondary N) is 2. The fraction of sp³-hybridized carbons (Fsp3) is 0.556. The van der Waals surface area contributed by atoms with Crippen LogP contribution < -0.4 is 10.9 Å². The van der Waals surface area contributed by atoms with Gasteiger partial charge >= 0.3 is 0 Å². The summed E-state index contributed by atoms with van der Waals surface area (Å²) in [6.07, 6.45) is 3.58. The average molecular weight is 179 g/mol. The summed E-state index contributed by atoms with van der Waals surface area (Å²) < 4.78 is 0. The Morgan fingerprint density at radius 2 is 2.31 bits per heavy atom. The smallest absolute Gasteiger partial charge is 0.264 e. The van der Waals surface area contributed by atoms with Crippen LogP contribution in [-0.4, -0.2) is 16.7 Å². The first-order valence-electron chi connectivity index (χ1n) is 4.65. The van der Waals surface area contributed by atoms with Crippen molar-refractivity contribution in [2.24, 2.45) is 0 Å². The predicted octanol–water partition coefficient (Wildman–Crippen LogP) is 0.584. The molecule has 1 fully saturated rings. The highest BCUT2D eigenvalue weighted by Gasteiger charge is 2.15. The average Bonchev–Trinajstić information content (AvgIpc) is 2.20. The fourth-order valence-corrected chi connectivity index (χ4v) is 1.65. The molecule has 1 unspecified atom stereocenters. The number of aromatic amines is 1. The van der Waals surface area contributed by atoms with Crippen LogP contribution in [0.2, 0.25) is 0 Å². The summed E-state index contributed by atoms with van der Waals surface area (Å²) in [5.41, 5.74) is 0.804. The van der Waals surface area contributed by atoms with E-state index in [9.17, 15) is 4.79 Å². The SMILES string of the molecule is O=c1ccc(C2CCCCN2)n[nH]1. The minimum Gasteiger partial charge on any atom is -0.309 e. The van der Waals surface area contributed by atoms with Crippen molar-refractivity contribution in [3.05, 3.63) is 28.2 Å². The Morgan fingerprint density at radius 3 is 2.92 bits per heavy atom. The molecule has 2 rings (SSSR count). The topological polar surface area (TPSA) is 57.8 Å². The summed E-state index contributed by atoms with van der Waals surface area (Å²) in [6, 6.07) is 3.64. The van der Waals surface area contributed by atoms with Gasteiger partial charge in [-0.25, -0.2) is 5.10 Å². The maximum absolute atomic E-state index is 10.8. The van der Waals surface area contributed by atoms with Crippen LogP contribution in [0.4, 0.5) is 0 Å². The van der Waals surface area contributed by atoms with Crippen LogP contribution in [0.1, 0.15) is 31.0 Å². The third kappa shape index (κ3) is 1.95. The Bertz CT molecular complexity index is 307. The highest BCUT2D eigenvalue weighted by Crippen LogP contribution is 2.19. The van der Waals surface area contributed by atoms with Crippen LogP contribution in [0.3, 0.4) is 0 Å². The molecule has 0 amide bonds. The zero-order valence-electron chi connectivity index (χ0n) is 7.42. The molecule has 1 aliphatic rings. The summed E-state index contributed by atoms with van der Waals surface area (Å²) in [7, 11) is 0. The van der Waals surface area contributed by atoms with Gasteiger partial charge in [-0.1, -0.05) is 6.42 Å². The van der Waals surface area contributed by atoms with Crippen molar-refractivity contribution in [1.29, 1.82) is 0 Å². The van der Waals surface area contributed by atoms with E-state index in [4.69, 9.17) is 0 Å². The van der Waals surface area contributed by atoms with Gasteiger partial charge in [0.25, 0.3) is 5.56 Å². The standard InChI is InChI=1S/C9H13N3O/c13-9-5-4-8(11-12-9)7-3-1-2-6-10-7/h4-5,7,10H,1-3,6H2,(H,12,13). The zero-order chi connectivity index (χ0) is 9.10. The highest BCUT2D eigenvalue weighted by atomic mass is 16.1. The molecular formula is C9H13N3O. The molecule has 0 saturated carbocycles. The lowest BCUT2D eigenvalue weighted by Crippen LogP contribution is -2.28. The van der Waals surface area contributed by atoms with E-state index in [0.29, 0.717) is 6.04 Å². The van der Waals surface area contributed by atoms with E-state index in [0.717, 1.165) is 18.7 Å². The molecule has 4 nitrogen and oxygen atoms in total. The van der Waals surface area contributed by atoms with Crippen molar-refractivity contribution in [3.63, 3.8) is 0 Å². The molecule has 1 aromatic heterocycles. The Balaban J connectivity index is 2.14. The van der Waals surface area contributed by atoms with E-state index in [1.165, 1.54) is 18.9 Å². The lowest BCUT2D eigenvalue weighted by molar-refractivity contribution is 0.402. The van der Waals surface area contributed by atoms with Crippen LogP contribution in [-0.2, 0) is 0 Å². The summed E-state index contributed by atoms with van der Waals surface area (Å²) in [5.74, 6) is 0. The summed E-state index contributed by atoms with van der Waals surface area (Å²) in [4.78, 5) is 10.8. The second-order valence-corrected chi connectivity index (χ2v) is 3.35. The van der Waals surface area contributed by atoms with Crippen LogP contribution in [0.15, 0.2) is 16.9 Å². The monoisotopic (exact) mass is 179 g/mol. The Hall–Kier alpha value is -1.16. The van der Waals surface area contributed by atoms with Gasteiger partial charge in [0.2, 0.25) is 0 Å². The van der Waals surface area contributed by atoms with Gasteiger partial charge in [-0.3, -0.25) is 4.79 Å². The molecule has 2 heterocycles. The molecule has 1 atom stereocenters. The van der Waals surface area contributed by atoms with E-state index in [2.05, 4.69) is 15.5 Å². The van der Waals surface area contributed by atoms with E-state index in [1.54, 1.807) is 6.07 Å². The van der Waals surface area contributed by atoms with Gasteiger partial charge in [-0.05, 0) is 25.5 Å².